The molecule has 0 spiro atoms. The second-order valence-electron chi connectivity index (χ2n) is 8.24. The summed E-state index contributed by atoms with van der Waals surface area (Å²) in [6.45, 7) is 8.11. The van der Waals surface area contributed by atoms with Crippen molar-refractivity contribution in [3.8, 4) is 0 Å². The van der Waals surface area contributed by atoms with Crippen LogP contribution in [0, 0.1) is 0 Å². The van der Waals surface area contributed by atoms with Gasteiger partial charge in [-0.15, -0.1) is 24.0 Å². The van der Waals surface area contributed by atoms with Gasteiger partial charge in [0.25, 0.3) is 5.91 Å². The lowest BCUT2D eigenvalue weighted by atomic mass is 9.98. The Morgan fingerprint density at radius 2 is 1.78 bits per heavy atom. The first kappa shape index (κ1) is 24.6. The van der Waals surface area contributed by atoms with Gasteiger partial charge in [-0.1, -0.05) is 31.2 Å². The van der Waals surface area contributed by atoms with E-state index in [0.29, 0.717) is 24.9 Å². The average molecular weight is 551 g/mol. The van der Waals surface area contributed by atoms with Crippen LogP contribution in [-0.2, 0) is 13.0 Å². The minimum atomic E-state index is -0.0379. The van der Waals surface area contributed by atoms with Crippen LogP contribution in [0.25, 0.3) is 0 Å². The normalized spacial score (nSPS) is 18.0. The topological polar surface area (TPSA) is 64.3 Å². The first-order valence-corrected chi connectivity index (χ1v) is 11.3. The molecule has 1 unspecified atom stereocenters. The highest BCUT2D eigenvalue weighted by Crippen LogP contribution is 2.21. The molecular formula is C24H34IN5O2. The molecule has 32 heavy (non-hydrogen) atoms. The van der Waals surface area contributed by atoms with E-state index in [0.717, 1.165) is 51.5 Å². The molecule has 0 bridgehead atoms. The summed E-state index contributed by atoms with van der Waals surface area (Å²) >= 11 is 0. The van der Waals surface area contributed by atoms with Crippen molar-refractivity contribution in [3.05, 3.63) is 59.5 Å². The van der Waals surface area contributed by atoms with E-state index in [4.69, 9.17) is 4.42 Å². The minimum absolute atomic E-state index is 0. The largest absolute Gasteiger partial charge is 0.459 e. The van der Waals surface area contributed by atoms with E-state index >= 15 is 0 Å². The molecule has 2 aliphatic rings. The first-order chi connectivity index (χ1) is 15.2. The fraction of sp³-hybridized carbons (Fsp3) is 0.500. The maximum Gasteiger partial charge on any atom is 0.289 e. The van der Waals surface area contributed by atoms with Crippen LogP contribution in [0.15, 0.2) is 52.1 Å². The molecule has 2 aliphatic heterocycles. The van der Waals surface area contributed by atoms with Gasteiger partial charge in [0.15, 0.2) is 11.7 Å². The monoisotopic (exact) mass is 551 g/mol. The first-order valence-electron chi connectivity index (χ1n) is 11.3. The lowest BCUT2D eigenvalue weighted by Crippen LogP contribution is -2.55. The van der Waals surface area contributed by atoms with Crippen LogP contribution in [0.2, 0.25) is 0 Å². The summed E-state index contributed by atoms with van der Waals surface area (Å²) in [5.74, 6) is 1.29. The highest BCUT2D eigenvalue weighted by molar-refractivity contribution is 14.0. The zero-order valence-corrected chi connectivity index (χ0v) is 21.3. The average Bonchev–Trinajstić information content (AvgIpc) is 3.36. The molecule has 1 aromatic heterocycles. The highest BCUT2D eigenvalue weighted by Gasteiger charge is 2.26. The SMILES string of the molecule is CCC(CNC(=NC)N1CCN(C(=O)c2ccco2)CC1)N1CCc2ccccc2C1.I. The van der Waals surface area contributed by atoms with E-state index in [1.54, 1.807) is 18.4 Å². The molecule has 1 amide bonds. The van der Waals surface area contributed by atoms with Gasteiger partial charge in [-0.25, -0.2) is 0 Å². The standard InChI is InChI=1S/C24H33N5O2.HI/c1-3-21(29-11-10-19-7-4-5-8-20(19)18-29)17-26-24(25-2)28-14-12-27(13-15-28)23(30)22-9-6-16-31-22;/h4-9,16,21H,3,10-15,17-18H2,1-2H3,(H,25,26);1H. The van der Waals surface area contributed by atoms with E-state index in [1.807, 2.05) is 11.9 Å². The van der Waals surface area contributed by atoms with E-state index in [-0.39, 0.29) is 29.9 Å². The summed E-state index contributed by atoms with van der Waals surface area (Å²) in [6.07, 6.45) is 3.75. The Kier molecular flexibility index (Phi) is 8.98. The van der Waals surface area contributed by atoms with E-state index < -0.39 is 0 Å². The fourth-order valence-corrected chi connectivity index (χ4v) is 4.58. The van der Waals surface area contributed by atoms with Crippen molar-refractivity contribution < 1.29 is 9.21 Å². The molecule has 3 heterocycles. The molecule has 0 radical (unpaired) electrons. The quantitative estimate of drug-likeness (QED) is 0.352. The summed E-state index contributed by atoms with van der Waals surface area (Å²) in [6, 6.07) is 12.7. The van der Waals surface area contributed by atoms with Gasteiger partial charge < -0.3 is 19.5 Å². The number of guanidine groups is 1. The highest BCUT2D eigenvalue weighted by atomic mass is 127. The van der Waals surface area contributed by atoms with Gasteiger partial charge in [0.2, 0.25) is 0 Å². The second kappa shape index (κ2) is 11.7. The molecule has 2 aromatic rings. The Morgan fingerprint density at radius 3 is 2.44 bits per heavy atom. The number of aliphatic imine (C=N–C) groups is 1. The number of fused-ring (bicyclic) bond motifs is 1. The third-order valence-electron chi connectivity index (χ3n) is 6.45. The summed E-state index contributed by atoms with van der Waals surface area (Å²) < 4.78 is 5.26. The molecule has 7 nitrogen and oxygen atoms in total. The molecule has 1 saturated heterocycles. The van der Waals surface area contributed by atoms with E-state index in [9.17, 15) is 4.79 Å². The van der Waals surface area contributed by atoms with Crippen LogP contribution < -0.4 is 5.32 Å². The molecule has 174 valence electrons. The third kappa shape index (κ3) is 5.64. The summed E-state index contributed by atoms with van der Waals surface area (Å²) in [7, 11) is 1.83. The van der Waals surface area contributed by atoms with Crippen molar-refractivity contribution in [1.82, 2.24) is 20.0 Å². The maximum absolute atomic E-state index is 12.5. The maximum atomic E-state index is 12.5. The Balaban J connectivity index is 0.00000289. The number of piperazine rings is 1. The van der Waals surface area contributed by atoms with Crippen molar-refractivity contribution in [1.29, 1.82) is 0 Å². The number of amides is 1. The van der Waals surface area contributed by atoms with Gasteiger partial charge in [-0.2, -0.15) is 0 Å². The number of halogens is 1. The van der Waals surface area contributed by atoms with Crippen molar-refractivity contribution in [2.45, 2.75) is 32.4 Å². The van der Waals surface area contributed by atoms with Crippen molar-refractivity contribution in [2.75, 3.05) is 46.3 Å². The summed E-state index contributed by atoms with van der Waals surface area (Å²) in [5.41, 5.74) is 2.94. The number of hydrogen-bond acceptors (Lipinski definition) is 4. The molecule has 1 atom stereocenters. The van der Waals surface area contributed by atoms with Crippen molar-refractivity contribution in [3.63, 3.8) is 0 Å². The van der Waals surface area contributed by atoms with Crippen LogP contribution >= 0.6 is 24.0 Å². The van der Waals surface area contributed by atoms with Gasteiger partial charge in [-0.3, -0.25) is 14.7 Å². The van der Waals surface area contributed by atoms with Gasteiger partial charge in [0.1, 0.15) is 0 Å². The van der Waals surface area contributed by atoms with Crippen LogP contribution in [0.1, 0.15) is 35.0 Å². The number of nitrogens with one attached hydrogen (secondary N) is 1. The second-order valence-corrected chi connectivity index (χ2v) is 8.24. The Labute approximate surface area is 207 Å². The van der Waals surface area contributed by atoms with E-state index in [1.165, 1.54) is 11.1 Å². The van der Waals surface area contributed by atoms with Crippen molar-refractivity contribution in [2.24, 2.45) is 4.99 Å². The zero-order valence-electron chi connectivity index (χ0n) is 19.0. The number of carbonyl (C=O) groups excluding carboxylic acids is 1. The fourth-order valence-electron chi connectivity index (χ4n) is 4.58. The van der Waals surface area contributed by atoms with Crippen LogP contribution in [-0.4, -0.2) is 78.9 Å². The zero-order chi connectivity index (χ0) is 21.6. The number of furan rings is 1. The number of carbonyl (C=O) groups is 1. The number of hydrogen-bond donors (Lipinski definition) is 1. The van der Waals surface area contributed by atoms with Crippen LogP contribution in [0.4, 0.5) is 0 Å². The lowest BCUT2D eigenvalue weighted by Gasteiger charge is -2.38. The predicted molar refractivity (Wildman–Crippen MR) is 138 cm³/mol. The van der Waals surface area contributed by atoms with Gasteiger partial charge >= 0.3 is 0 Å². The summed E-state index contributed by atoms with van der Waals surface area (Å²) in [5, 5.41) is 3.60. The van der Waals surface area contributed by atoms with Gasteiger partial charge in [-0.05, 0) is 36.1 Å². The third-order valence-corrected chi connectivity index (χ3v) is 6.45. The number of benzene rings is 1. The molecule has 1 aromatic carbocycles. The Hall–Kier alpha value is -2.07. The van der Waals surface area contributed by atoms with Gasteiger partial charge in [0.05, 0.1) is 6.26 Å². The molecule has 1 N–H and O–H groups in total. The van der Waals surface area contributed by atoms with Gasteiger partial charge in [0, 0.05) is 58.9 Å². The molecule has 0 saturated carbocycles. The lowest BCUT2D eigenvalue weighted by molar-refractivity contribution is 0.0657. The molecule has 4 rings (SSSR count). The number of rotatable bonds is 5. The Bertz CT molecular complexity index is 894. The van der Waals surface area contributed by atoms with E-state index in [2.05, 4.69) is 51.3 Å². The Morgan fingerprint density at radius 1 is 1.06 bits per heavy atom. The summed E-state index contributed by atoms with van der Waals surface area (Å²) in [4.78, 5) is 23.7. The van der Waals surface area contributed by atoms with Crippen LogP contribution in [0.5, 0.6) is 0 Å². The smallest absolute Gasteiger partial charge is 0.289 e. The molecule has 8 heteroatoms. The number of nitrogens with zero attached hydrogens (tertiary/aromatic N) is 4. The van der Waals surface area contributed by atoms with Crippen molar-refractivity contribution >= 4 is 35.8 Å². The van der Waals surface area contributed by atoms with Crippen LogP contribution in [0.3, 0.4) is 0 Å². The molecular weight excluding hydrogens is 517 g/mol. The molecule has 1 fully saturated rings. The molecule has 0 aliphatic carbocycles. The predicted octanol–water partition coefficient (Wildman–Crippen LogP) is 3.07. The minimum Gasteiger partial charge on any atom is -0.459 e.